The molecule has 5 heteroatoms. The number of thiophene rings is 1. The van der Waals surface area contributed by atoms with Gasteiger partial charge in [-0.05, 0) is 47.0 Å². The summed E-state index contributed by atoms with van der Waals surface area (Å²) < 4.78 is 5.97. The summed E-state index contributed by atoms with van der Waals surface area (Å²) in [7, 11) is 1.59. The van der Waals surface area contributed by atoms with Crippen LogP contribution >= 0.6 is 27.3 Å². The maximum atomic E-state index is 12.2. The van der Waals surface area contributed by atoms with Gasteiger partial charge in [-0.3, -0.25) is 4.79 Å². The fourth-order valence-electron chi connectivity index (χ4n) is 1.79. The summed E-state index contributed by atoms with van der Waals surface area (Å²) in [6, 6.07) is 5.75. The molecule has 1 amide bonds. The molecule has 0 bridgehead atoms. The molecule has 1 aromatic carbocycles. The molecule has 1 aromatic heterocycles. The van der Waals surface area contributed by atoms with Gasteiger partial charge in [0.15, 0.2) is 0 Å². The van der Waals surface area contributed by atoms with Crippen LogP contribution in [-0.4, -0.2) is 13.0 Å². The van der Waals surface area contributed by atoms with E-state index in [0.29, 0.717) is 10.6 Å². The minimum absolute atomic E-state index is 0.124. The summed E-state index contributed by atoms with van der Waals surface area (Å²) in [5.41, 5.74) is 2.99. The molecule has 0 saturated heterocycles. The van der Waals surface area contributed by atoms with E-state index in [1.165, 1.54) is 11.3 Å². The van der Waals surface area contributed by atoms with Crippen molar-refractivity contribution in [1.29, 1.82) is 0 Å². The number of carbonyl (C=O) groups excluding carboxylic acids is 1. The Morgan fingerprint density at radius 1 is 1.32 bits per heavy atom. The Morgan fingerprint density at radius 2 is 2.05 bits per heavy atom. The molecule has 0 aliphatic heterocycles. The smallest absolute Gasteiger partial charge is 0.265 e. The lowest BCUT2D eigenvalue weighted by Gasteiger charge is -2.11. The van der Waals surface area contributed by atoms with E-state index in [1.54, 1.807) is 13.2 Å². The van der Waals surface area contributed by atoms with Crippen LogP contribution in [0.25, 0.3) is 0 Å². The summed E-state index contributed by atoms with van der Waals surface area (Å²) in [5, 5.41) is 4.74. The van der Waals surface area contributed by atoms with Crippen molar-refractivity contribution in [2.75, 3.05) is 12.4 Å². The average molecular weight is 340 g/mol. The number of hydrogen-bond donors (Lipinski definition) is 1. The molecule has 0 aliphatic rings. The van der Waals surface area contributed by atoms with Gasteiger partial charge >= 0.3 is 0 Å². The second kappa shape index (κ2) is 5.75. The second-order valence-corrected chi connectivity index (χ2v) is 6.01. The number of amides is 1. The molecule has 0 aliphatic carbocycles. The first-order chi connectivity index (χ1) is 9.01. The lowest BCUT2D eigenvalue weighted by Crippen LogP contribution is -2.11. The van der Waals surface area contributed by atoms with E-state index in [0.717, 1.165) is 21.3 Å². The zero-order valence-corrected chi connectivity index (χ0v) is 13.3. The first-order valence-corrected chi connectivity index (χ1v) is 7.39. The molecule has 0 atom stereocenters. The van der Waals surface area contributed by atoms with Gasteiger partial charge in [0, 0.05) is 15.9 Å². The van der Waals surface area contributed by atoms with E-state index < -0.39 is 0 Å². The van der Waals surface area contributed by atoms with Crippen LogP contribution in [0, 0.1) is 13.8 Å². The van der Waals surface area contributed by atoms with Gasteiger partial charge in [-0.25, -0.2) is 0 Å². The molecule has 19 heavy (non-hydrogen) atoms. The molecule has 0 fully saturated rings. The van der Waals surface area contributed by atoms with Crippen molar-refractivity contribution in [3.63, 3.8) is 0 Å². The van der Waals surface area contributed by atoms with Gasteiger partial charge in [0.05, 0.1) is 17.7 Å². The van der Waals surface area contributed by atoms with Crippen molar-refractivity contribution in [1.82, 2.24) is 0 Å². The van der Waals surface area contributed by atoms with Crippen LogP contribution < -0.4 is 10.1 Å². The first-order valence-electron chi connectivity index (χ1n) is 5.72. The van der Waals surface area contributed by atoms with Crippen molar-refractivity contribution >= 4 is 38.9 Å². The first kappa shape index (κ1) is 14.1. The minimum Gasteiger partial charge on any atom is -0.496 e. The Balaban J connectivity index is 2.24. The molecule has 2 rings (SSSR count). The number of ether oxygens (including phenoxy) is 1. The number of halogens is 1. The van der Waals surface area contributed by atoms with E-state index in [9.17, 15) is 4.79 Å². The highest BCUT2D eigenvalue weighted by Gasteiger charge is 2.13. The zero-order valence-electron chi connectivity index (χ0n) is 10.9. The van der Waals surface area contributed by atoms with E-state index in [1.807, 2.05) is 31.4 Å². The Morgan fingerprint density at radius 3 is 2.63 bits per heavy atom. The van der Waals surface area contributed by atoms with Crippen molar-refractivity contribution in [2.24, 2.45) is 0 Å². The Hall–Kier alpha value is -1.33. The second-order valence-electron chi connectivity index (χ2n) is 4.24. The number of anilines is 1. The van der Waals surface area contributed by atoms with Gasteiger partial charge in [0.1, 0.15) is 5.75 Å². The van der Waals surface area contributed by atoms with Crippen molar-refractivity contribution < 1.29 is 9.53 Å². The average Bonchev–Trinajstić information content (AvgIpc) is 2.82. The number of aryl methyl sites for hydroxylation is 2. The van der Waals surface area contributed by atoms with E-state index in [-0.39, 0.29) is 5.91 Å². The topological polar surface area (TPSA) is 38.3 Å². The fourth-order valence-corrected chi connectivity index (χ4v) is 3.32. The number of carbonyl (C=O) groups is 1. The minimum atomic E-state index is -0.124. The lowest BCUT2D eigenvalue weighted by atomic mass is 10.1. The summed E-state index contributed by atoms with van der Waals surface area (Å²) in [5.74, 6) is 0.579. The Labute approximate surface area is 124 Å². The number of methoxy groups -OCH3 is 1. The molecular formula is C14H14BrNO2S. The van der Waals surface area contributed by atoms with Crippen LogP contribution in [0.3, 0.4) is 0 Å². The van der Waals surface area contributed by atoms with Gasteiger partial charge in [-0.2, -0.15) is 0 Å². The number of hydrogen-bond acceptors (Lipinski definition) is 3. The third kappa shape index (κ3) is 3.16. The highest BCUT2D eigenvalue weighted by Crippen LogP contribution is 2.29. The highest BCUT2D eigenvalue weighted by molar-refractivity contribution is 9.10. The normalized spacial score (nSPS) is 10.3. The number of benzene rings is 1. The predicted molar refractivity (Wildman–Crippen MR) is 82.4 cm³/mol. The van der Waals surface area contributed by atoms with Crippen LogP contribution in [0.5, 0.6) is 5.75 Å². The molecule has 100 valence electrons. The number of nitrogens with one attached hydrogen (secondary N) is 1. The summed E-state index contributed by atoms with van der Waals surface area (Å²) in [6.07, 6.45) is 0. The standard InChI is InChI=1S/C14H14BrNO2S/c1-8-4-9(2)13(11(15)5-8)16-14(17)12-6-10(18-3)7-19-12/h4-7H,1-3H3,(H,16,17). The molecule has 0 radical (unpaired) electrons. The van der Waals surface area contributed by atoms with Crippen molar-refractivity contribution in [3.05, 3.63) is 44.1 Å². The van der Waals surface area contributed by atoms with E-state index in [2.05, 4.69) is 21.2 Å². The lowest BCUT2D eigenvalue weighted by molar-refractivity contribution is 0.103. The van der Waals surface area contributed by atoms with Crippen LogP contribution in [0.15, 0.2) is 28.1 Å². The predicted octanol–water partition coefficient (Wildman–Crippen LogP) is 4.39. The fraction of sp³-hybridized carbons (Fsp3) is 0.214. The van der Waals surface area contributed by atoms with Gasteiger partial charge in [0.2, 0.25) is 0 Å². The summed E-state index contributed by atoms with van der Waals surface area (Å²) >= 11 is 4.85. The Kier molecular flexibility index (Phi) is 4.27. The molecular weight excluding hydrogens is 326 g/mol. The van der Waals surface area contributed by atoms with Gasteiger partial charge in [-0.15, -0.1) is 11.3 Å². The van der Waals surface area contributed by atoms with Crippen LogP contribution in [0.4, 0.5) is 5.69 Å². The molecule has 0 saturated carbocycles. The van der Waals surface area contributed by atoms with Gasteiger partial charge in [0.25, 0.3) is 5.91 Å². The highest BCUT2D eigenvalue weighted by atomic mass is 79.9. The maximum Gasteiger partial charge on any atom is 0.265 e. The number of rotatable bonds is 3. The monoisotopic (exact) mass is 339 g/mol. The molecule has 3 nitrogen and oxygen atoms in total. The van der Waals surface area contributed by atoms with Crippen LogP contribution in [0.1, 0.15) is 20.8 Å². The molecule has 0 spiro atoms. The molecule has 0 unspecified atom stereocenters. The largest absolute Gasteiger partial charge is 0.496 e. The summed E-state index contributed by atoms with van der Waals surface area (Å²) in [6.45, 7) is 4.00. The third-order valence-corrected chi connectivity index (χ3v) is 4.24. The summed E-state index contributed by atoms with van der Waals surface area (Å²) in [4.78, 5) is 12.8. The SMILES string of the molecule is COc1csc(C(=O)Nc2c(C)cc(C)cc2Br)c1. The molecule has 2 aromatic rings. The quantitative estimate of drug-likeness (QED) is 0.900. The van der Waals surface area contributed by atoms with E-state index in [4.69, 9.17) is 4.74 Å². The van der Waals surface area contributed by atoms with Gasteiger partial charge in [-0.1, -0.05) is 6.07 Å². The van der Waals surface area contributed by atoms with Crippen molar-refractivity contribution in [3.8, 4) is 5.75 Å². The zero-order chi connectivity index (χ0) is 14.0. The Bertz CT molecular complexity index is 599. The molecule has 1 heterocycles. The maximum absolute atomic E-state index is 12.2. The van der Waals surface area contributed by atoms with Crippen LogP contribution in [-0.2, 0) is 0 Å². The van der Waals surface area contributed by atoms with Gasteiger partial charge < -0.3 is 10.1 Å². The van der Waals surface area contributed by atoms with E-state index >= 15 is 0 Å². The van der Waals surface area contributed by atoms with Crippen molar-refractivity contribution in [2.45, 2.75) is 13.8 Å². The molecule has 1 N–H and O–H groups in total. The third-order valence-electron chi connectivity index (χ3n) is 2.71. The van der Waals surface area contributed by atoms with Crippen LogP contribution in [0.2, 0.25) is 0 Å².